The second-order valence-corrected chi connectivity index (χ2v) is 5.40. The highest BCUT2D eigenvalue weighted by Crippen LogP contribution is 2.28. The van der Waals surface area contributed by atoms with Gasteiger partial charge in [-0.2, -0.15) is 0 Å². The first kappa shape index (κ1) is 11.9. The molecule has 2 heterocycles. The van der Waals surface area contributed by atoms with Gasteiger partial charge >= 0.3 is 0 Å². The van der Waals surface area contributed by atoms with Crippen molar-refractivity contribution in [3.8, 4) is 11.5 Å². The third-order valence-electron chi connectivity index (χ3n) is 3.20. The average molecular weight is 308 g/mol. The summed E-state index contributed by atoms with van der Waals surface area (Å²) in [7, 11) is 0. The van der Waals surface area contributed by atoms with Crippen LogP contribution in [0, 0.1) is 0 Å². The Balaban J connectivity index is 1.84. The van der Waals surface area contributed by atoms with Crippen LogP contribution in [0.4, 0.5) is 0 Å². The van der Waals surface area contributed by atoms with Crippen molar-refractivity contribution in [3.05, 3.63) is 34.6 Å². The Bertz CT molecular complexity index is 535. The number of halogens is 1. The van der Waals surface area contributed by atoms with Crippen molar-refractivity contribution >= 4 is 15.9 Å². The third-order valence-corrected chi connectivity index (χ3v) is 3.69. The van der Waals surface area contributed by atoms with Crippen molar-refractivity contribution in [2.75, 3.05) is 13.1 Å². The summed E-state index contributed by atoms with van der Waals surface area (Å²) in [6.07, 6.45) is 2.14. The van der Waals surface area contributed by atoms with Gasteiger partial charge in [-0.25, -0.2) is 0 Å². The number of hydrogen-bond acceptors (Lipinski definition) is 4. The van der Waals surface area contributed by atoms with Crippen molar-refractivity contribution in [3.63, 3.8) is 0 Å². The van der Waals surface area contributed by atoms with E-state index in [0.717, 1.165) is 41.9 Å². The van der Waals surface area contributed by atoms with Crippen LogP contribution in [0.1, 0.15) is 24.7 Å². The second-order valence-electron chi connectivity index (χ2n) is 4.48. The summed E-state index contributed by atoms with van der Waals surface area (Å²) in [5.41, 5.74) is 0.956. The first-order valence-electron chi connectivity index (χ1n) is 6.13. The zero-order chi connectivity index (χ0) is 12.4. The van der Waals surface area contributed by atoms with Crippen molar-refractivity contribution in [2.45, 2.75) is 18.8 Å². The van der Waals surface area contributed by atoms with Gasteiger partial charge in [0.15, 0.2) is 0 Å². The van der Waals surface area contributed by atoms with E-state index in [1.165, 1.54) is 0 Å². The summed E-state index contributed by atoms with van der Waals surface area (Å²) in [5, 5.41) is 11.7. The number of nitrogens with zero attached hydrogens (tertiary/aromatic N) is 2. The van der Waals surface area contributed by atoms with Gasteiger partial charge in [-0.3, -0.25) is 0 Å². The Morgan fingerprint density at radius 3 is 2.83 bits per heavy atom. The van der Waals surface area contributed by atoms with Gasteiger partial charge in [0.05, 0.1) is 0 Å². The lowest BCUT2D eigenvalue weighted by Crippen LogP contribution is -2.26. The summed E-state index contributed by atoms with van der Waals surface area (Å²) in [6, 6.07) is 7.91. The van der Waals surface area contributed by atoms with Crippen LogP contribution < -0.4 is 5.32 Å². The molecular weight excluding hydrogens is 294 g/mol. The molecule has 4 nitrogen and oxygen atoms in total. The molecule has 0 radical (unpaired) electrons. The van der Waals surface area contributed by atoms with Crippen molar-refractivity contribution in [1.29, 1.82) is 0 Å². The van der Waals surface area contributed by atoms with Crippen LogP contribution in [0.2, 0.25) is 0 Å². The predicted molar refractivity (Wildman–Crippen MR) is 72.3 cm³/mol. The van der Waals surface area contributed by atoms with Crippen LogP contribution in [-0.2, 0) is 0 Å². The molecule has 1 N–H and O–H groups in total. The molecule has 5 heteroatoms. The summed E-state index contributed by atoms with van der Waals surface area (Å²) >= 11 is 3.44. The fourth-order valence-electron chi connectivity index (χ4n) is 2.21. The molecule has 18 heavy (non-hydrogen) atoms. The van der Waals surface area contributed by atoms with E-state index in [4.69, 9.17) is 4.42 Å². The molecule has 0 bridgehead atoms. The highest BCUT2D eigenvalue weighted by atomic mass is 79.9. The molecule has 1 aromatic carbocycles. The summed E-state index contributed by atoms with van der Waals surface area (Å²) in [6.45, 7) is 2.05. The Morgan fingerprint density at radius 2 is 2.06 bits per heavy atom. The van der Waals surface area contributed by atoms with E-state index in [1.54, 1.807) is 0 Å². The fourth-order valence-corrected chi connectivity index (χ4v) is 2.61. The molecular formula is C13H14BrN3O. The van der Waals surface area contributed by atoms with Crippen LogP contribution in [-0.4, -0.2) is 23.3 Å². The minimum Gasteiger partial charge on any atom is -0.420 e. The minimum atomic E-state index is 0.402. The SMILES string of the molecule is Brc1cccc(-c2nnc(C3CCNCC3)o2)c1. The monoisotopic (exact) mass is 307 g/mol. The maximum Gasteiger partial charge on any atom is 0.247 e. The van der Waals surface area contributed by atoms with Crippen molar-refractivity contribution < 1.29 is 4.42 Å². The summed E-state index contributed by atoms with van der Waals surface area (Å²) < 4.78 is 6.81. The summed E-state index contributed by atoms with van der Waals surface area (Å²) in [4.78, 5) is 0. The molecule has 1 saturated heterocycles. The van der Waals surface area contributed by atoms with E-state index >= 15 is 0 Å². The number of nitrogens with one attached hydrogen (secondary N) is 1. The average Bonchev–Trinajstić information content (AvgIpc) is 2.89. The topological polar surface area (TPSA) is 51.0 Å². The molecule has 0 amide bonds. The van der Waals surface area contributed by atoms with Gasteiger partial charge in [0, 0.05) is 16.0 Å². The lowest BCUT2D eigenvalue weighted by molar-refractivity contribution is 0.378. The van der Waals surface area contributed by atoms with Gasteiger partial charge < -0.3 is 9.73 Å². The van der Waals surface area contributed by atoms with Gasteiger partial charge in [0.25, 0.3) is 0 Å². The van der Waals surface area contributed by atoms with E-state index in [2.05, 4.69) is 31.4 Å². The second kappa shape index (κ2) is 5.20. The molecule has 94 valence electrons. The van der Waals surface area contributed by atoms with Crippen LogP contribution in [0.5, 0.6) is 0 Å². The fraction of sp³-hybridized carbons (Fsp3) is 0.385. The number of hydrogen-bond donors (Lipinski definition) is 1. The Hall–Kier alpha value is -1.20. The van der Waals surface area contributed by atoms with Gasteiger partial charge in [-0.1, -0.05) is 22.0 Å². The molecule has 2 aromatic rings. The van der Waals surface area contributed by atoms with Gasteiger partial charge in [0.1, 0.15) is 0 Å². The first-order chi connectivity index (χ1) is 8.83. The number of benzene rings is 1. The highest BCUT2D eigenvalue weighted by molar-refractivity contribution is 9.10. The Labute approximate surface area is 114 Å². The molecule has 1 aliphatic rings. The molecule has 3 rings (SSSR count). The Morgan fingerprint density at radius 1 is 1.22 bits per heavy atom. The minimum absolute atomic E-state index is 0.402. The zero-order valence-corrected chi connectivity index (χ0v) is 11.5. The van der Waals surface area contributed by atoms with E-state index in [0.29, 0.717) is 11.8 Å². The van der Waals surface area contributed by atoms with Gasteiger partial charge in [-0.15, -0.1) is 10.2 Å². The number of piperidine rings is 1. The van der Waals surface area contributed by atoms with E-state index in [-0.39, 0.29) is 0 Å². The van der Waals surface area contributed by atoms with E-state index in [9.17, 15) is 0 Å². The normalized spacial score (nSPS) is 16.9. The molecule has 0 spiro atoms. The Kier molecular flexibility index (Phi) is 3.43. The molecule has 0 atom stereocenters. The smallest absolute Gasteiger partial charge is 0.247 e. The molecule has 1 aliphatic heterocycles. The maximum absolute atomic E-state index is 5.79. The molecule has 0 saturated carbocycles. The zero-order valence-electron chi connectivity index (χ0n) is 9.90. The lowest BCUT2D eigenvalue weighted by atomic mass is 9.98. The maximum atomic E-state index is 5.79. The molecule has 0 unspecified atom stereocenters. The standard InChI is InChI=1S/C13H14BrN3O/c14-11-3-1-2-10(8-11)13-17-16-12(18-13)9-4-6-15-7-5-9/h1-3,8-9,15H,4-7H2. The largest absolute Gasteiger partial charge is 0.420 e. The van der Waals surface area contributed by atoms with Crippen molar-refractivity contribution in [2.24, 2.45) is 0 Å². The van der Waals surface area contributed by atoms with Crippen LogP contribution >= 0.6 is 15.9 Å². The van der Waals surface area contributed by atoms with E-state index in [1.807, 2.05) is 24.3 Å². The van der Waals surface area contributed by atoms with Crippen molar-refractivity contribution in [1.82, 2.24) is 15.5 Å². The lowest BCUT2D eigenvalue weighted by Gasteiger charge is -2.18. The van der Waals surface area contributed by atoms with Gasteiger partial charge in [-0.05, 0) is 44.1 Å². The quantitative estimate of drug-likeness (QED) is 0.926. The highest BCUT2D eigenvalue weighted by Gasteiger charge is 2.21. The van der Waals surface area contributed by atoms with Gasteiger partial charge in [0.2, 0.25) is 11.8 Å². The van der Waals surface area contributed by atoms with Crippen LogP contribution in [0.25, 0.3) is 11.5 Å². The predicted octanol–water partition coefficient (Wildman–Crippen LogP) is 2.97. The number of rotatable bonds is 2. The molecule has 1 aromatic heterocycles. The van der Waals surface area contributed by atoms with E-state index < -0.39 is 0 Å². The van der Waals surface area contributed by atoms with Crippen LogP contribution in [0.3, 0.4) is 0 Å². The number of aromatic nitrogens is 2. The first-order valence-corrected chi connectivity index (χ1v) is 6.92. The third kappa shape index (κ3) is 2.47. The van der Waals surface area contributed by atoms with Crippen LogP contribution in [0.15, 0.2) is 33.2 Å². The molecule has 1 fully saturated rings. The molecule has 0 aliphatic carbocycles. The summed E-state index contributed by atoms with van der Waals surface area (Å²) in [5.74, 6) is 1.77.